The minimum atomic E-state index is 0.446. The molecule has 2 rings (SSSR count). The molecule has 0 aromatic heterocycles. The number of allylic oxidation sites excluding steroid dienone is 1. The van der Waals surface area contributed by atoms with E-state index in [2.05, 4.69) is 58.2 Å². The van der Waals surface area contributed by atoms with E-state index in [0.717, 1.165) is 22.2 Å². The summed E-state index contributed by atoms with van der Waals surface area (Å²) in [5.74, 6) is 2.43. The normalized spacial score (nSPS) is 42.3. The number of rotatable bonds is 2. The van der Waals surface area contributed by atoms with Crippen molar-refractivity contribution in [2.75, 3.05) is 5.75 Å². The van der Waals surface area contributed by atoms with Crippen LogP contribution < -0.4 is 0 Å². The third-order valence-corrected chi connectivity index (χ3v) is 6.64. The average molecular weight is 269 g/mol. The summed E-state index contributed by atoms with van der Waals surface area (Å²) < 4.78 is 0. The molecular formula is C14H23NS2. The van der Waals surface area contributed by atoms with Gasteiger partial charge in [-0.3, -0.25) is 4.99 Å². The fourth-order valence-electron chi connectivity index (χ4n) is 2.86. The smallest absolute Gasteiger partial charge is 0.0548 e. The van der Waals surface area contributed by atoms with Gasteiger partial charge >= 0.3 is 0 Å². The van der Waals surface area contributed by atoms with Crippen molar-refractivity contribution in [2.45, 2.75) is 50.7 Å². The molecule has 2 aliphatic rings. The maximum absolute atomic E-state index is 4.78. The molecule has 17 heavy (non-hydrogen) atoms. The van der Waals surface area contributed by atoms with Crippen LogP contribution in [-0.4, -0.2) is 28.0 Å². The van der Waals surface area contributed by atoms with Crippen molar-refractivity contribution in [2.24, 2.45) is 16.8 Å². The lowest BCUT2D eigenvalue weighted by Crippen LogP contribution is -2.28. The van der Waals surface area contributed by atoms with Gasteiger partial charge in [0.05, 0.1) is 6.04 Å². The SMILES string of the molecule is CC1=CC(C2CC(C)C(CS)S2)C(C)N=C1C. The molecule has 0 aromatic rings. The van der Waals surface area contributed by atoms with Crippen molar-refractivity contribution in [3.05, 3.63) is 11.6 Å². The van der Waals surface area contributed by atoms with E-state index in [4.69, 9.17) is 4.99 Å². The van der Waals surface area contributed by atoms with Crippen LogP contribution in [-0.2, 0) is 0 Å². The Hall–Kier alpha value is 0.110. The van der Waals surface area contributed by atoms with Gasteiger partial charge < -0.3 is 0 Å². The molecule has 0 aromatic carbocycles. The molecule has 1 saturated heterocycles. The van der Waals surface area contributed by atoms with E-state index in [1.807, 2.05) is 0 Å². The number of aliphatic imine (C=N–C) groups is 1. The van der Waals surface area contributed by atoms with Gasteiger partial charge in [-0.05, 0) is 38.7 Å². The molecule has 2 heterocycles. The number of hydrogen-bond donors (Lipinski definition) is 1. The molecule has 0 amide bonds. The lowest BCUT2D eigenvalue weighted by Gasteiger charge is -2.28. The van der Waals surface area contributed by atoms with Crippen LogP contribution in [0, 0.1) is 11.8 Å². The van der Waals surface area contributed by atoms with Gasteiger partial charge in [-0.15, -0.1) is 0 Å². The van der Waals surface area contributed by atoms with Crippen LogP contribution in [0.15, 0.2) is 16.6 Å². The molecule has 0 N–H and O–H groups in total. The molecule has 0 bridgehead atoms. The first-order chi connectivity index (χ1) is 8.02. The van der Waals surface area contributed by atoms with Gasteiger partial charge in [0.2, 0.25) is 0 Å². The van der Waals surface area contributed by atoms with Crippen LogP contribution in [0.25, 0.3) is 0 Å². The quantitative estimate of drug-likeness (QED) is 0.751. The highest BCUT2D eigenvalue weighted by atomic mass is 32.2. The van der Waals surface area contributed by atoms with Gasteiger partial charge in [0.15, 0.2) is 0 Å². The summed E-state index contributed by atoms with van der Waals surface area (Å²) in [5.41, 5.74) is 2.59. The summed E-state index contributed by atoms with van der Waals surface area (Å²) in [6.45, 7) is 8.94. The summed E-state index contributed by atoms with van der Waals surface area (Å²) in [6.07, 6.45) is 3.78. The first-order valence-corrected chi connectivity index (χ1v) is 8.10. The Balaban J connectivity index is 2.10. The Labute approximate surface area is 115 Å². The van der Waals surface area contributed by atoms with Gasteiger partial charge in [-0.1, -0.05) is 13.0 Å². The summed E-state index contributed by atoms with van der Waals surface area (Å²) in [4.78, 5) is 4.78. The van der Waals surface area contributed by atoms with Crippen LogP contribution in [0.2, 0.25) is 0 Å². The Morgan fingerprint density at radius 2 is 2.12 bits per heavy atom. The number of dihydropyridines is 1. The standard InChI is InChI=1S/C14H23NS2/c1-8-5-12(11(4)15-10(8)3)13-6-9(2)14(7-16)17-13/h5,9,11-14,16H,6-7H2,1-4H3. The second kappa shape index (κ2) is 5.40. The Morgan fingerprint density at radius 1 is 1.41 bits per heavy atom. The molecule has 1 nitrogen and oxygen atoms in total. The molecule has 5 unspecified atom stereocenters. The Morgan fingerprint density at radius 3 is 2.71 bits per heavy atom. The van der Waals surface area contributed by atoms with E-state index in [9.17, 15) is 0 Å². The van der Waals surface area contributed by atoms with E-state index >= 15 is 0 Å². The van der Waals surface area contributed by atoms with Crippen LogP contribution in [0.1, 0.15) is 34.1 Å². The fraction of sp³-hybridized carbons (Fsp3) is 0.786. The minimum absolute atomic E-state index is 0.446. The third kappa shape index (κ3) is 2.76. The summed E-state index contributed by atoms with van der Waals surface area (Å²) in [7, 11) is 0. The molecule has 0 spiro atoms. The second-order valence-corrected chi connectivity index (χ2v) is 7.34. The van der Waals surface area contributed by atoms with Crippen molar-refractivity contribution < 1.29 is 0 Å². The van der Waals surface area contributed by atoms with Crippen LogP contribution in [0.4, 0.5) is 0 Å². The number of thiol groups is 1. The summed E-state index contributed by atoms with van der Waals surface area (Å²) >= 11 is 6.61. The lowest BCUT2D eigenvalue weighted by molar-refractivity contribution is 0.455. The van der Waals surface area contributed by atoms with Crippen molar-refractivity contribution in [1.82, 2.24) is 0 Å². The number of nitrogens with zero attached hydrogens (tertiary/aromatic N) is 1. The first-order valence-electron chi connectivity index (χ1n) is 6.52. The monoisotopic (exact) mass is 269 g/mol. The van der Waals surface area contributed by atoms with E-state index in [-0.39, 0.29) is 0 Å². The molecular weight excluding hydrogens is 246 g/mol. The van der Waals surface area contributed by atoms with Gasteiger partial charge in [0, 0.05) is 27.9 Å². The summed E-state index contributed by atoms with van der Waals surface area (Å²) in [6, 6.07) is 0.446. The van der Waals surface area contributed by atoms with Crippen molar-refractivity contribution in [3.63, 3.8) is 0 Å². The largest absolute Gasteiger partial charge is 0.286 e. The molecule has 0 saturated carbocycles. The average Bonchev–Trinajstić information content (AvgIpc) is 2.65. The van der Waals surface area contributed by atoms with Crippen molar-refractivity contribution >= 4 is 30.1 Å². The highest BCUT2D eigenvalue weighted by Crippen LogP contribution is 2.44. The first kappa shape index (κ1) is 13.5. The van der Waals surface area contributed by atoms with Crippen molar-refractivity contribution in [1.29, 1.82) is 0 Å². The zero-order chi connectivity index (χ0) is 12.6. The third-order valence-electron chi connectivity index (χ3n) is 4.17. The maximum Gasteiger partial charge on any atom is 0.0548 e. The highest BCUT2D eigenvalue weighted by Gasteiger charge is 2.37. The second-order valence-electron chi connectivity index (χ2n) is 5.49. The van der Waals surface area contributed by atoms with Crippen molar-refractivity contribution in [3.8, 4) is 0 Å². The molecule has 0 aliphatic carbocycles. The van der Waals surface area contributed by atoms with E-state index in [1.165, 1.54) is 17.7 Å². The molecule has 5 atom stereocenters. The van der Waals surface area contributed by atoms with Gasteiger partial charge in [-0.2, -0.15) is 24.4 Å². The van der Waals surface area contributed by atoms with E-state index < -0.39 is 0 Å². The topological polar surface area (TPSA) is 12.4 Å². The van der Waals surface area contributed by atoms with Crippen LogP contribution >= 0.6 is 24.4 Å². The highest BCUT2D eigenvalue weighted by molar-refractivity contribution is 8.01. The Bertz CT molecular complexity index is 348. The van der Waals surface area contributed by atoms with Gasteiger partial charge in [0.1, 0.15) is 0 Å². The lowest BCUT2D eigenvalue weighted by atomic mass is 9.87. The molecule has 0 radical (unpaired) electrons. The number of hydrogen-bond acceptors (Lipinski definition) is 3. The fourth-order valence-corrected chi connectivity index (χ4v) is 5.30. The van der Waals surface area contributed by atoms with E-state index in [1.54, 1.807) is 0 Å². The zero-order valence-corrected chi connectivity index (χ0v) is 12.9. The van der Waals surface area contributed by atoms with Gasteiger partial charge in [0.25, 0.3) is 0 Å². The summed E-state index contributed by atoms with van der Waals surface area (Å²) in [5, 5.41) is 1.47. The maximum atomic E-state index is 4.78. The predicted octanol–water partition coefficient (Wildman–Crippen LogP) is 3.85. The predicted molar refractivity (Wildman–Crippen MR) is 82.6 cm³/mol. The minimum Gasteiger partial charge on any atom is -0.286 e. The van der Waals surface area contributed by atoms with Gasteiger partial charge in [-0.25, -0.2) is 0 Å². The molecule has 1 fully saturated rings. The van der Waals surface area contributed by atoms with Crippen LogP contribution in [0.3, 0.4) is 0 Å². The molecule has 3 heteroatoms. The number of thioether (sulfide) groups is 1. The Kier molecular flexibility index (Phi) is 4.30. The van der Waals surface area contributed by atoms with E-state index in [0.29, 0.717) is 12.0 Å². The molecule has 96 valence electrons. The zero-order valence-electron chi connectivity index (χ0n) is 11.2. The van der Waals surface area contributed by atoms with Crippen LogP contribution in [0.5, 0.6) is 0 Å². The molecule has 2 aliphatic heterocycles.